The van der Waals surface area contributed by atoms with E-state index in [0.717, 1.165) is 0 Å². The summed E-state index contributed by atoms with van der Waals surface area (Å²) >= 11 is 0. The van der Waals surface area contributed by atoms with Gasteiger partial charge in [0.05, 0.1) is 19.3 Å². The molecule has 1 aromatic rings. The van der Waals surface area contributed by atoms with Crippen LogP contribution in [0.4, 0.5) is 4.39 Å². The van der Waals surface area contributed by atoms with Crippen molar-refractivity contribution >= 4 is 12.4 Å². The van der Waals surface area contributed by atoms with Crippen molar-refractivity contribution in [3.63, 3.8) is 0 Å². The number of ether oxygens (including phenoxy) is 1. The molecule has 92 valence electrons. The Hall–Kier alpha value is -0.840. The van der Waals surface area contributed by atoms with E-state index in [2.05, 4.69) is 0 Å². The molecular weight excluding hydrogens is 233 g/mol. The third-order valence-electron chi connectivity index (χ3n) is 2.41. The smallest absolute Gasteiger partial charge is 0.169 e. The van der Waals surface area contributed by atoms with Crippen molar-refractivity contribution in [3.8, 4) is 5.75 Å². The van der Waals surface area contributed by atoms with Gasteiger partial charge in [-0.2, -0.15) is 0 Å². The fourth-order valence-electron chi connectivity index (χ4n) is 1.40. The van der Waals surface area contributed by atoms with Gasteiger partial charge in [0.2, 0.25) is 0 Å². The van der Waals surface area contributed by atoms with E-state index in [1.54, 1.807) is 19.1 Å². The van der Waals surface area contributed by atoms with Crippen LogP contribution in [0.1, 0.15) is 24.9 Å². The lowest BCUT2D eigenvalue weighted by atomic mass is 10.00. The normalized spacial score (nSPS) is 13.8. The lowest BCUT2D eigenvalue weighted by molar-refractivity contribution is 0.139. The van der Waals surface area contributed by atoms with Crippen molar-refractivity contribution in [1.29, 1.82) is 0 Å². The van der Waals surface area contributed by atoms with Crippen LogP contribution >= 0.6 is 12.4 Å². The second-order valence-electron chi connectivity index (χ2n) is 3.36. The third-order valence-corrected chi connectivity index (χ3v) is 2.41. The first kappa shape index (κ1) is 15.2. The van der Waals surface area contributed by atoms with Gasteiger partial charge in [-0.05, 0) is 12.5 Å². The molecule has 0 aliphatic rings. The number of benzene rings is 1. The van der Waals surface area contributed by atoms with Gasteiger partial charge in [0.25, 0.3) is 0 Å². The summed E-state index contributed by atoms with van der Waals surface area (Å²) in [6.07, 6.45) is -0.260. The number of hydrogen-bond acceptors (Lipinski definition) is 3. The predicted molar refractivity (Wildman–Crippen MR) is 63.4 cm³/mol. The number of aliphatic hydroxyl groups is 1. The Morgan fingerprint density at radius 3 is 2.62 bits per heavy atom. The summed E-state index contributed by atoms with van der Waals surface area (Å²) in [5, 5.41) is 9.54. The summed E-state index contributed by atoms with van der Waals surface area (Å²) in [5.74, 6) is -0.355. The maximum absolute atomic E-state index is 13.7. The van der Waals surface area contributed by atoms with Crippen LogP contribution in [0.2, 0.25) is 0 Å². The molecule has 0 unspecified atom stereocenters. The van der Waals surface area contributed by atoms with Gasteiger partial charge in [-0.15, -0.1) is 12.4 Å². The standard InChI is InChI=1S/C11H16FNO2.ClH/c1-3-8(14)11(13)7-5-4-6-9(15-2)10(7)12;/h4-6,8,11,14H,3,13H2,1-2H3;1H/t8-,11+;/m0./s1. The van der Waals surface area contributed by atoms with Crippen LogP contribution < -0.4 is 10.5 Å². The molecule has 2 atom stereocenters. The van der Waals surface area contributed by atoms with Crippen molar-refractivity contribution in [3.05, 3.63) is 29.6 Å². The fourth-order valence-corrected chi connectivity index (χ4v) is 1.40. The molecule has 0 heterocycles. The van der Waals surface area contributed by atoms with Gasteiger partial charge in [-0.3, -0.25) is 0 Å². The summed E-state index contributed by atoms with van der Waals surface area (Å²) in [6, 6.07) is 4.01. The molecule has 3 nitrogen and oxygen atoms in total. The largest absolute Gasteiger partial charge is 0.494 e. The summed E-state index contributed by atoms with van der Waals surface area (Å²) in [6.45, 7) is 1.79. The molecule has 3 N–H and O–H groups in total. The number of rotatable bonds is 4. The van der Waals surface area contributed by atoms with Crippen LogP contribution in [0.5, 0.6) is 5.75 Å². The Morgan fingerprint density at radius 2 is 2.12 bits per heavy atom. The lowest BCUT2D eigenvalue weighted by Crippen LogP contribution is -2.26. The lowest BCUT2D eigenvalue weighted by Gasteiger charge is -2.18. The van der Waals surface area contributed by atoms with Gasteiger partial charge in [-0.1, -0.05) is 19.1 Å². The third kappa shape index (κ3) is 3.07. The van der Waals surface area contributed by atoms with Crippen LogP contribution in [0, 0.1) is 5.82 Å². The van der Waals surface area contributed by atoms with Gasteiger partial charge >= 0.3 is 0 Å². The molecule has 0 amide bonds. The van der Waals surface area contributed by atoms with Crippen LogP contribution in [0.3, 0.4) is 0 Å². The zero-order valence-corrected chi connectivity index (χ0v) is 10.1. The maximum atomic E-state index is 13.7. The topological polar surface area (TPSA) is 55.5 Å². The van der Waals surface area contributed by atoms with Crippen molar-refractivity contribution in [2.45, 2.75) is 25.5 Å². The minimum Gasteiger partial charge on any atom is -0.494 e. The molecule has 0 saturated heterocycles. The number of nitrogens with two attached hydrogens (primary N) is 1. The molecule has 0 aliphatic carbocycles. The molecule has 0 aliphatic heterocycles. The summed E-state index contributed by atoms with van der Waals surface area (Å²) in [7, 11) is 1.39. The fraction of sp³-hybridized carbons (Fsp3) is 0.455. The minimum atomic E-state index is -0.744. The van der Waals surface area contributed by atoms with E-state index in [1.165, 1.54) is 13.2 Å². The Kier molecular flexibility index (Phi) is 6.33. The maximum Gasteiger partial charge on any atom is 0.169 e. The van der Waals surface area contributed by atoms with E-state index in [4.69, 9.17) is 10.5 Å². The van der Waals surface area contributed by atoms with E-state index >= 15 is 0 Å². The molecule has 0 fully saturated rings. The molecular formula is C11H17ClFNO2. The summed E-state index contributed by atoms with van der Waals surface area (Å²) in [4.78, 5) is 0. The molecule has 0 aromatic heterocycles. The zero-order valence-electron chi connectivity index (χ0n) is 9.31. The second kappa shape index (κ2) is 6.68. The van der Waals surface area contributed by atoms with Crippen molar-refractivity contribution in [1.82, 2.24) is 0 Å². The number of halogens is 2. The number of hydrogen-bond donors (Lipinski definition) is 2. The highest BCUT2D eigenvalue weighted by Crippen LogP contribution is 2.26. The molecule has 0 spiro atoms. The van der Waals surface area contributed by atoms with Gasteiger partial charge in [0.15, 0.2) is 11.6 Å². The highest BCUT2D eigenvalue weighted by molar-refractivity contribution is 5.85. The quantitative estimate of drug-likeness (QED) is 0.859. The monoisotopic (exact) mass is 249 g/mol. The Balaban J connectivity index is 0.00000225. The molecule has 5 heteroatoms. The van der Waals surface area contributed by atoms with Crippen molar-refractivity contribution in [2.24, 2.45) is 5.73 Å². The first-order chi connectivity index (χ1) is 7.11. The molecule has 1 aromatic carbocycles. The summed E-state index contributed by atoms with van der Waals surface area (Å²) < 4.78 is 18.5. The zero-order chi connectivity index (χ0) is 11.4. The number of methoxy groups -OCH3 is 1. The molecule has 0 saturated carbocycles. The Labute approximate surface area is 101 Å². The SMILES string of the molecule is CC[C@H](O)[C@H](N)c1cccc(OC)c1F.Cl. The minimum absolute atomic E-state index is 0. The molecule has 1 rings (SSSR count). The Morgan fingerprint density at radius 1 is 1.50 bits per heavy atom. The van der Waals surface area contributed by atoms with Gasteiger partial charge in [0, 0.05) is 5.56 Å². The molecule has 0 radical (unpaired) electrons. The summed E-state index contributed by atoms with van der Waals surface area (Å²) in [5.41, 5.74) is 6.01. The first-order valence-corrected chi connectivity index (χ1v) is 4.87. The van der Waals surface area contributed by atoms with Crippen LogP contribution in [-0.4, -0.2) is 18.3 Å². The van der Waals surface area contributed by atoms with E-state index in [-0.39, 0.29) is 23.7 Å². The van der Waals surface area contributed by atoms with Crippen LogP contribution in [0.15, 0.2) is 18.2 Å². The van der Waals surface area contributed by atoms with Crippen LogP contribution in [0.25, 0.3) is 0 Å². The van der Waals surface area contributed by atoms with E-state index in [0.29, 0.717) is 6.42 Å². The molecule has 16 heavy (non-hydrogen) atoms. The highest BCUT2D eigenvalue weighted by Gasteiger charge is 2.20. The van der Waals surface area contributed by atoms with Crippen LogP contribution in [-0.2, 0) is 0 Å². The predicted octanol–water partition coefficient (Wildman–Crippen LogP) is 2.03. The van der Waals surface area contributed by atoms with E-state index < -0.39 is 18.0 Å². The molecule has 0 bridgehead atoms. The average Bonchev–Trinajstić information content (AvgIpc) is 2.27. The number of aliphatic hydroxyl groups excluding tert-OH is 1. The van der Waals surface area contributed by atoms with Gasteiger partial charge in [0.1, 0.15) is 0 Å². The highest BCUT2D eigenvalue weighted by atomic mass is 35.5. The first-order valence-electron chi connectivity index (χ1n) is 4.87. The van der Waals surface area contributed by atoms with Crippen molar-refractivity contribution in [2.75, 3.05) is 7.11 Å². The van der Waals surface area contributed by atoms with E-state index in [1.807, 2.05) is 0 Å². The van der Waals surface area contributed by atoms with Gasteiger partial charge in [-0.25, -0.2) is 4.39 Å². The second-order valence-corrected chi connectivity index (χ2v) is 3.36. The van der Waals surface area contributed by atoms with Gasteiger partial charge < -0.3 is 15.6 Å². The van der Waals surface area contributed by atoms with E-state index in [9.17, 15) is 9.50 Å². The average molecular weight is 250 g/mol. The van der Waals surface area contributed by atoms with Crippen molar-refractivity contribution < 1.29 is 14.2 Å². The Bertz CT molecular complexity index is 336.